The number of hydrogen-bond acceptors (Lipinski definition) is 5. The van der Waals surface area contributed by atoms with E-state index in [2.05, 4.69) is 20.9 Å². The van der Waals surface area contributed by atoms with Gasteiger partial charge in [-0.2, -0.15) is 0 Å². The largest absolute Gasteiger partial charge is 0.444 e. The lowest BCUT2D eigenvalue weighted by Gasteiger charge is -2.22. The molecule has 1 amide bonds. The van der Waals surface area contributed by atoms with Crippen LogP contribution in [0, 0.1) is 0 Å². The summed E-state index contributed by atoms with van der Waals surface area (Å²) in [4.78, 5) is 19.2. The molecule has 4 rings (SSSR count). The molecule has 0 radical (unpaired) electrons. The Hall–Kier alpha value is -1.70. The lowest BCUT2D eigenvalue weighted by Crippen LogP contribution is -2.37. The lowest BCUT2D eigenvalue weighted by atomic mass is 10.2. The van der Waals surface area contributed by atoms with Gasteiger partial charge < -0.3 is 9.15 Å². The number of thiazole rings is 1. The molecule has 5 nitrogen and oxygen atoms in total. The number of furan rings is 1. The maximum Gasteiger partial charge on any atom is 0.295 e. The van der Waals surface area contributed by atoms with Crippen LogP contribution in [0.1, 0.15) is 23.4 Å². The van der Waals surface area contributed by atoms with Crippen molar-refractivity contribution in [3.05, 3.63) is 46.8 Å². The van der Waals surface area contributed by atoms with Gasteiger partial charge in [0.2, 0.25) is 0 Å². The molecule has 1 aliphatic heterocycles. The van der Waals surface area contributed by atoms with Crippen LogP contribution >= 0.6 is 27.3 Å². The minimum Gasteiger partial charge on any atom is -0.444 e. The van der Waals surface area contributed by atoms with Crippen molar-refractivity contribution in [2.24, 2.45) is 0 Å². The van der Waals surface area contributed by atoms with E-state index in [1.54, 1.807) is 17.0 Å². The number of aromatic nitrogens is 1. The molecular weight excluding hydrogens is 392 g/mol. The number of para-hydroxylation sites is 1. The molecule has 0 aliphatic carbocycles. The van der Waals surface area contributed by atoms with Crippen molar-refractivity contribution in [1.82, 2.24) is 4.98 Å². The smallest absolute Gasteiger partial charge is 0.295 e. The Kier molecular flexibility index (Phi) is 4.39. The van der Waals surface area contributed by atoms with Gasteiger partial charge in [0.1, 0.15) is 0 Å². The zero-order valence-electron chi connectivity index (χ0n) is 12.8. The highest BCUT2D eigenvalue weighted by atomic mass is 79.9. The molecule has 1 atom stereocenters. The van der Waals surface area contributed by atoms with Crippen molar-refractivity contribution in [2.45, 2.75) is 18.9 Å². The van der Waals surface area contributed by atoms with Crippen LogP contribution in [0.2, 0.25) is 0 Å². The molecule has 1 aromatic carbocycles. The van der Waals surface area contributed by atoms with Crippen LogP contribution in [-0.4, -0.2) is 30.1 Å². The lowest BCUT2D eigenvalue weighted by molar-refractivity contribution is 0.0894. The molecule has 1 fully saturated rings. The average Bonchev–Trinajstić information content (AvgIpc) is 3.32. The second-order valence-electron chi connectivity index (χ2n) is 5.62. The van der Waals surface area contributed by atoms with E-state index in [0.29, 0.717) is 22.1 Å². The van der Waals surface area contributed by atoms with Crippen molar-refractivity contribution >= 4 is 48.5 Å². The molecule has 24 heavy (non-hydrogen) atoms. The van der Waals surface area contributed by atoms with Gasteiger partial charge in [0.25, 0.3) is 5.91 Å². The molecule has 0 saturated carbocycles. The number of nitrogens with zero attached hydrogens (tertiary/aromatic N) is 2. The van der Waals surface area contributed by atoms with E-state index in [9.17, 15) is 4.79 Å². The van der Waals surface area contributed by atoms with Crippen LogP contribution in [0.25, 0.3) is 10.2 Å². The van der Waals surface area contributed by atoms with E-state index in [0.717, 1.165) is 29.7 Å². The van der Waals surface area contributed by atoms with Gasteiger partial charge in [-0.3, -0.25) is 9.69 Å². The van der Waals surface area contributed by atoms with Gasteiger partial charge in [-0.25, -0.2) is 4.98 Å². The summed E-state index contributed by atoms with van der Waals surface area (Å²) in [6.45, 7) is 1.23. The van der Waals surface area contributed by atoms with Gasteiger partial charge >= 0.3 is 0 Å². The summed E-state index contributed by atoms with van der Waals surface area (Å²) < 4.78 is 12.7. The second-order valence-corrected chi connectivity index (χ2v) is 7.41. The molecule has 124 valence electrons. The Morgan fingerprint density at radius 2 is 2.21 bits per heavy atom. The van der Waals surface area contributed by atoms with Crippen LogP contribution < -0.4 is 4.90 Å². The normalized spacial score (nSPS) is 17.5. The number of benzene rings is 1. The van der Waals surface area contributed by atoms with E-state index in [1.165, 1.54) is 11.3 Å². The first-order valence-electron chi connectivity index (χ1n) is 7.75. The molecule has 0 spiro atoms. The first kappa shape index (κ1) is 15.8. The van der Waals surface area contributed by atoms with Gasteiger partial charge in [-0.15, -0.1) is 0 Å². The average molecular weight is 407 g/mol. The van der Waals surface area contributed by atoms with Crippen LogP contribution in [0.3, 0.4) is 0 Å². The third-order valence-corrected chi connectivity index (χ3v) is 5.44. The Morgan fingerprint density at radius 3 is 2.92 bits per heavy atom. The molecule has 1 unspecified atom stereocenters. The van der Waals surface area contributed by atoms with E-state index < -0.39 is 0 Å². The van der Waals surface area contributed by atoms with Crippen molar-refractivity contribution in [3.63, 3.8) is 0 Å². The molecule has 2 aromatic heterocycles. The van der Waals surface area contributed by atoms with Gasteiger partial charge in [-0.1, -0.05) is 23.5 Å². The number of ether oxygens (including phenoxy) is 1. The van der Waals surface area contributed by atoms with E-state index >= 15 is 0 Å². The Morgan fingerprint density at radius 1 is 1.33 bits per heavy atom. The highest BCUT2D eigenvalue weighted by Gasteiger charge is 2.28. The third kappa shape index (κ3) is 3.11. The highest BCUT2D eigenvalue weighted by molar-refractivity contribution is 9.10. The van der Waals surface area contributed by atoms with Gasteiger partial charge in [0.05, 0.1) is 22.9 Å². The molecule has 1 aliphatic rings. The second kappa shape index (κ2) is 6.66. The van der Waals surface area contributed by atoms with Crippen molar-refractivity contribution < 1.29 is 13.9 Å². The number of anilines is 1. The summed E-state index contributed by atoms with van der Waals surface area (Å²) in [7, 11) is 0. The molecule has 0 N–H and O–H groups in total. The molecule has 1 saturated heterocycles. The minimum absolute atomic E-state index is 0.0411. The minimum atomic E-state index is -0.199. The highest BCUT2D eigenvalue weighted by Crippen LogP contribution is 2.31. The number of rotatable bonds is 4. The summed E-state index contributed by atoms with van der Waals surface area (Å²) >= 11 is 4.75. The number of hydrogen-bond donors (Lipinski definition) is 0. The van der Waals surface area contributed by atoms with Gasteiger partial charge in [0.15, 0.2) is 15.6 Å². The maximum atomic E-state index is 12.9. The fraction of sp³-hybridized carbons (Fsp3) is 0.294. The number of fused-ring (bicyclic) bond motifs is 1. The Balaban J connectivity index is 1.69. The predicted molar refractivity (Wildman–Crippen MR) is 96.7 cm³/mol. The number of halogens is 1. The van der Waals surface area contributed by atoms with E-state index in [1.807, 2.05) is 24.3 Å². The van der Waals surface area contributed by atoms with Crippen LogP contribution in [0.4, 0.5) is 5.13 Å². The fourth-order valence-electron chi connectivity index (χ4n) is 2.78. The first-order chi connectivity index (χ1) is 11.7. The molecular formula is C17H15BrN2O3S. The monoisotopic (exact) mass is 406 g/mol. The fourth-order valence-corrected chi connectivity index (χ4v) is 4.06. The van der Waals surface area contributed by atoms with Crippen molar-refractivity contribution in [2.75, 3.05) is 18.1 Å². The Labute approximate surface area is 151 Å². The number of amides is 1. The third-order valence-electron chi connectivity index (χ3n) is 3.95. The molecule has 3 aromatic rings. The Bertz CT molecular complexity index is 836. The van der Waals surface area contributed by atoms with Crippen LogP contribution in [0.5, 0.6) is 0 Å². The standard InChI is InChI=1S/C17H15BrN2O3S/c18-15-8-7-13(23-15)16(21)20(10-11-4-3-9-22-11)17-19-12-5-1-2-6-14(12)24-17/h1-2,5-8,11H,3-4,9-10H2. The summed E-state index contributed by atoms with van der Waals surface area (Å²) in [5, 5.41) is 0.671. The SMILES string of the molecule is O=C(c1ccc(Br)o1)N(CC1CCCO1)c1nc2ccccc2s1. The summed E-state index contributed by atoms with van der Waals surface area (Å²) in [6, 6.07) is 11.3. The van der Waals surface area contributed by atoms with Gasteiger partial charge in [-0.05, 0) is 53.0 Å². The topological polar surface area (TPSA) is 55.6 Å². The van der Waals surface area contributed by atoms with Crippen LogP contribution in [0.15, 0.2) is 45.5 Å². The van der Waals surface area contributed by atoms with Crippen molar-refractivity contribution in [1.29, 1.82) is 0 Å². The van der Waals surface area contributed by atoms with Gasteiger partial charge in [0, 0.05) is 6.61 Å². The first-order valence-corrected chi connectivity index (χ1v) is 9.36. The molecule has 7 heteroatoms. The predicted octanol–water partition coefficient (Wildman–Crippen LogP) is 4.48. The van der Waals surface area contributed by atoms with Crippen molar-refractivity contribution in [3.8, 4) is 0 Å². The van der Waals surface area contributed by atoms with Crippen LogP contribution in [-0.2, 0) is 4.74 Å². The zero-order chi connectivity index (χ0) is 16.5. The molecule has 3 heterocycles. The number of carbonyl (C=O) groups excluding carboxylic acids is 1. The number of carbonyl (C=O) groups is 1. The molecule has 0 bridgehead atoms. The van der Waals surface area contributed by atoms with E-state index in [4.69, 9.17) is 9.15 Å². The summed E-state index contributed by atoms with van der Waals surface area (Å²) in [6.07, 6.45) is 2.02. The maximum absolute atomic E-state index is 12.9. The quantitative estimate of drug-likeness (QED) is 0.640. The summed E-state index contributed by atoms with van der Waals surface area (Å²) in [5.41, 5.74) is 0.892. The summed E-state index contributed by atoms with van der Waals surface area (Å²) in [5.74, 6) is 0.0920. The zero-order valence-corrected chi connectivity index (χ0v) is 15.2. The van der Waals surface area contributed by atoms with E-state index in [-0.39, 0.29) is 12.0 Å².